The number of rotatable bonds is 4. The van der Waals surface area contributed by atoms with Crippen LogP contribution in [0.2, 0.25) is 5.02 Å². The Bertz CT molecular complexity index is 428. The summed E-state index contributed by atoms with van der Waals surface area (Å²) in [6, 6.07) is 7.53. The quantitative estimate of drug-likeness (QED) is 0.821. The van der Waals surface area contributed by atoms with Gasteiger partial charge in [0.25, 0.3) is 0 Å². The number of carbonyl (C=O) groups excluding carboxylic acids is 1. The van der Waals surface area contributed by atoms with E-state index in [4.69, 9.17) is 11.6 Å². The van der Waals surface area contributed by atoms with Crippen molar-refractivity contribution in [2.75, 3.05) is 11.9 Å². The predicted octanol–water partition coefficient (Wildman–Crippen LogP) is 2.98. The fourth-order valence-electron chi connectivity index (χ4n) is 1.95. The second kappa shape index (κ2) is 6.57. The molecule has 0 radical (unpaired) electrons. The lowest BCUT2D eigenvalue weighted by Gasteiger charge is -2.19. The molecule has 2 rings (SSSR count). The second-order valence-electron chi connectivity index (χ2n) is 4.42. The van der Waals surface area contributed by atoms with E-state index in [0.29, 0.717) is 17.6 Å². The van der Waals surface area contributed by atoms with Gasteiger partial charge in [-0.05, 0) is 43.5 Å². The molecule has 18 heavy (non-hydrogen) atoms. The summed E-state index contributed by atoms with van der Waals surface area (Å²) in [5, 5.41) is 6.76. The molecule has 2 N–H and O–H groups in total. The standard InChI is InChI=1S/C14H17ClN2O/c15-11-6-8-13(9-7-11)17-14(18)10-16-12-4-2-1-3-5-12/h1-2,6-9,12,16H,3-5,10H2,(H,17,18). The second-order valence-corrected chi connectivity index (χ2v) is 4.85. The van der Waals surface area contributed by atoms with E-state index in [-0.39, 0.29) is 5.91 Å². The van der Waals surface area contributed by atoms with Crippen LogP contribution in [-0.2, 0) is 4.79 Å². The topological polar surface area (TPSA) is 41.1 Å². The molecule has 1 aliphatic carbocycles. The van der Waals surface area contributed by atoms with Crippen molar-refractivity contribution >= 4 is 23.2 Å². The van der Waals surface area contributed by atoms with Crippen molar-refractivity contribution in [3.8, 4) is 0 Å². The van der Waals surface area contributed by atoms with Crippen LogP contribution in [0.4, 0.5) is 5.69 Å². The smallest absolute Gasteiger partial charge is 0.238 e. The molecule has 1 aliphatic rings. The monoisotopic (exact) mass is 264 g/mol. The molecule has 3 nitrogen and oxygen atoms in total. The van der Waals surface area contributed by atoms with Crippen LogP contribution >= 0.6 is 11.6 Å². The molecule has 0 heterocycles. The van der Waals surface area contributed by atoms with E-state index in [1.165, 1.54) is 0 Å². The fraction of sp³-hybridized carbons (Fsp3) is 0.357. The summed E-state index contributed by atoms with van der Waals surface area (Å²) in [5.74, 6) is -0.0214. The molecular formula is C14H17ClN2O. The number of anilines is 1. The molecule has 0 aromatic heterocycles. The molecule has 1 aromatic carbocycles. The first-order valence-electron chi connectivity index (χ1n) is 6.18. The number of hydrogen-bond acceptors (Lipinski definition) is 2. The number of halogens is 1. The Morgan fingerprint density at radius 1 is 1.28 bits per heavy atom. The molecule has 96 valence electrons. The van der Waals surface area contributed by atoms with Crippen LogP contribution in [0.25, 0.3) is 0 Å². The van der Waals surface area contributed by atoms with Gasteiger partial charge >= 0.3 is 0 Å². The van der Waals surface area contributed by atoms with E-state index >= 15 is 0 Å². The first-order valence-corrected chi connectivity index (χ1v) is 6.55. The van der Waals surface area contributed by atoms with Gasteiger partial charge in [-0.2, -0.15) is 0 Å². The number of hydrogen-bond donors (Lipinski definition) is 2. The summed E-state index contributed by atoms with van der Waals surface area (Å²) in [6.45, 7) is 0.348. The number of carbonyl (C=O) groups is 1. The van der Waals surface area contributed by atoms with Crippen LogP contribution in [0.5, 0.6) is 0 Å². The predicted molar refractivity (Wildman–Crippen MR) is 74.9 cm³/mol. The molecule has 4 heteroatoms. The third-order valence-corrected chi connectivity index (χ3v) is 3.20. The van der Waals surface area contributed by atoms with Gasteiger partial charge in [0.05, 0.1) is 6.54 Å². The van der Waals surface area contributed by atoms with Gasteiger partial charge in [-0.15, -0.1) is 0 Å². The van der Waals surface area contributed by atoms with Gasteiger partial charge in [-0.3, -0.25) is 4.79 Å². The lowest BCUT2D eigenvalue weighted by molar-refractivity contribution is -0.115. The number of nitrogens with one attached hydrogen (secondary N) is 2. The summed E-state index contributed by atoms with van der Waals surface area (Å²) in [4.78, 5) is 11.7. The van der Waals surface area contributed by atoms with E-state index in [1.54, 1.807) is 24.3 Å². The summed E-state index contributed by atoms with van der Waals surface area (Å²) in [5.41, 5.74) is 0.773. The Balaban J connectivity index is 1.74. The van der Waals surface area contributed by atoms with Crippen molar-refractivity contribution in [3.05, 3.63) is 41.4 Å². The van der Waals surface area contributed by atoms with Crippen molar-refractivity contribution in [2.45, 2.75) is 25.3 Å². The third-order valence-electron chi connectivity index (χ3n) is 2.95. The van der Waals surface area contributed by atoms with Crippen molar-refractivity contribution in [1.82, 2.24) is 5.32 Å². The minimum Gasteiger partial charge on any atom is -0.325 e. The highest BCUT2D eigenvalue weighted by molar-refractivity contribution is 6.30. The van der Waals surface area contributed by atoms with E-state index in [2.05, 4.69) is 22.8 Å². The maximum Gasteiger partial charge on any atom is 0.238 e. The SMILES string of the molecule is O=C(CNC1CC=CCC1)Nc1ccc(Cl)cc1. The van der Waals surface area contributed by atoms with Gasteiger partial charge < -0.3 is 10.6 Å². The number of amides is 1. The normalized spacial score (nSPS) is 18.6. The molecule has 1 amide bonds. The zero-order valence-corrected chi connectivity index (χ0v) is 10.9. The summed E-state index contributed by atoms with van der Waals surface area (Å²) in [6.07, 6.45) is 7.56. The molecule has 0 aliphatic heterocycles. The first-order chi connectivity index (χ1) is 8.74. The molecule has 1 atom stereocenters. The Morgan fingerprint density at radius 2 is 2.06 bits per heavy atom. The van der Waals surface area contributed by atoms with Crippen molar-refractivity contribution in [2.24, 2.45) is 0 Å². The molecule has 0 saturated carbocycles. The fourth-order valence-corrected chi connectivity index (χ4v) is 2.08. The molecule has 1 aromatic rings. The third kappa shape index (κ3) is 4.17. The van der Waals surface area contributed by atoms with Crippen LogP contribution in [0.1, 0.15) is 19.3 Å². The molecule has 0 bridgehead atoms. The van der Waals surface area contributed by atoms with E-state index in [9.17, 15) is 4.79 Å². The summed E-state index contributed by atoms with van der Waals surface area (Å²) < 4.78 is 0. The summed E-state index contributed by atoms with van der Waals surface area (Å²) in [7, 11) is 0. The van der Waals surface area contributed by atoms with E-state index in [1.807, 2.05) is 0 Å². The lowest BCUT2D eigenvalue weighted by atomic mass is 10.0. The van der Waals surface area contributed by atoms with Crippen LogP contribution in [0, 0.1) is 0 Å². The van der Waals surface area contributed by atoms with Crippen molar-refractivity contribution in [1.29, 1.82) is 0 Å². The van der Waals surface area contributed by atoms with Crippen LogP contribution < -0.4 is 10.6 Å². The number of allylic oxidation sites excluding steroid dienone is 1. The van der Waals surface area contributed by atoms with Crippen molar-refractivity contribution < 1.29 is 4.79 Å². The average Bonchev–Trinajstić information content (AvgIpc) is 2.40. The highest BCUT2D eigenvalue weighted by atomic mass is 35.5. The highest BCUT2D eigenvalue weighted by Crippen LogP contribution is 2.13. The van der Waals surface area contributed by atoms with Crippen LogP contribution in [-0.4, -0.2) is 18.5 Å². The van der Waals surface area contributed by atoms with Gasteiger partial charge in [0, 0.05) is 16.8 Å². The van der Waals surface area contributed by atoms with E-state index < -0.39 is 0 Å². The molecule has 0 spiro atoms. The van der Waals surface area contributed by atoms with Crippen molar-refractivity contribution in [3.63, 3.8) is 0 Å². The largest absolute Gasteiger partial charge is 0.325 e. The minimum absolute atomic E-state index is 0.0214. The van der Waals surface area contributed by atoms with E-state index in [0.717, 1.165) is 24.9 Å². The molecular weight excluding hydrogens is 248 g/mol. The zero-order valence-electron chi connectivity index (χ0n) is 10.2. The minimum atomic E-state index is -0.0214. The van der Waals surface area contributed by atoms with Gasteiger partial charge in [0.1, 0.15) is 0 Å². The lowest BCUT2D eigenvalue weighted by Crippen LogP contribution is -2.36. The van der Waals surface area contributed by atoms with Gasteiger partial charge in [-0.1, -0.05) is 23.8 Å². The van der Waals surface area contributed by atoms with Gasteiger partial charge in [0.2, 0.25) is 5.91 Å². The Kier molecular flexibility index (Phi) is 4.79. The first kappa shape index (κ1) is 13.1. The maximum atomic E-state index is 11.7. The molecule has 0 fully saturated rings. The Morgan fingerprint density at radius 3 is 2.72 bits per heavy atom. The summed E-state index contributed by atoms with van der Waals surface area (Å²) >= 11 is 5.78. The van der Waals surface area contributed by atoms with Gasteiger partial charge in [-0.25, -0.2) is 0 Å². The van der Waals surface area contributed by atoms with Crippen LogP contribution in [0.3, 0.4) is 0 Å². The van der Waals surface area contributed by atoms with Gasteiger partial charge in [0.15, 0.2) is 0 Å². The molecule has 1 unspecified atom stereocenters. The van der Waals surface area contributed by atoms with Crippen LogP contribution in [0.15, 0.2) is 36.4 Å². The average molecular weight is 265 g/mol. The Hall–Kier alpha value is -1.32. The Labute approximate surface area is 112 Å². The zero-order chi connectivity index (χ0) is 12.8. The maximum absolute atomic E-state index is 11.7. The number of benzene rings is 1. The molecule has 0 saturated heterocycles. The highest BCUT2D eigenvalue weighted by Gasteiger charge is 2.10.